The first-order valence-electron chi connectivity index (χ1n) is 5.92. The number of nitrogens with one attached hydrogen (secondary N) is 1. The van der Waals surface area contributed by atoms with Crippen molar-refractivity contribution in [3.63, 3.8) is 0 Å². The SMILES string of the molecule is CCNC(CO)CCN(C)CC(C)(C)C. The summed E-state index contributed by atoms with van der Waals surface area (Å²) < 4.78 is 0. The summed E-state index contributed by atoms with van der Waals surface area (Å²) in [5.41, 5.74) is 0.349. The molecule has 0 aromatic rings. The van der Waals surface area contributed by atoms with Crippen LogP contribution in [0.2, 0.25) is 0 Å². The van der Waals surface area contributed by atoms with Gasteiger partial charge in [0, 0.05) is 12.6 Å². The van der Waals surface area contributed by atoms with E-state index in [0.717, 1.165) is 26.1 Å². The van der Waals surface area contributed by atoms with Gasteiger partial charge < -0.3 is 15.3 Å². The van der Waals surface area contributed by atoms with Crippen LogP contribution in [0.25, 0.3) is 0 Å². The van der Waals surface area contributed by atoms with E-state index in [-0.39, 0.29) is 12.6 Å². The molecule has 2 N–H and O–H groups in total. The van der Waals surface area contributed by atoms with Crippen molar-refractivity contribution in [3.05, 3.63) is 0 Å². The van der Waals surface area contributed by atoms with Crippen LogP contribution in [0.3, 0.4) is 0 Å². The van der Waals surface area contributed by atoms with Crippen molar-refractivity contribution < 1.29 is 5.11 Å². The van der Waals surface area contributed by atoms with Crippen LogP contribution in [0.15, 0.2) is 0 Å². The zero-order chi connectivity index (χ0) is 11.9. The van der Waals surface area contributed by atoms with E-state index < -0.39 is 0 Å². The summed E-state index contributed by atoms with van der Waals surface area (Å²) in [5.74, 6) is 0. The summed E-state index contributed by atoms with van der Waals surface area (Å²) in [7, 11) is 2.14. The Morgan fingerprint density at radius 3 is 2.33 bits per heavy atom. The largest absolute Gasteiger partial charge is 0.395 e. The van der Waals surface area contributed by atoms with Crippen LogP contribution in [0, 0.1) is 5.41 Å². The minimum atomic E-state index is 0.233. The Hall–Kier alpha value is -0.120. The second kappa shape index (κ2) is 7.20. The molecule has 0 bridgehead atoms. The van der Waals surface area contributed by atoms with Gasteiger partial charge in [0.25, 0.3) is 0 Å². The monoisotopic (exact) mass is 216 g/mol. The Balaban J connectivity index is 3.73. The van der Waals surface area contributed by atoms with Crippen LogP contribution < -0.4 is 5.32 Å². The van der Waals surface area contributed by atoms with Gasteiger partial charge in [0.15, 0.2) is 0 Å². The third-order valence-corrected chi connectivity index (χ3v) is 2.32. The lowest BCUT2D eigenvalue weighted by atomic mass is 9.96. The van der Waals surface area contributed by atoms with Gasteiger partial charge in [0.1, 0.15) is 0 Å². The molecule has 0 aliphatic carbocycles. The standard InChI is InChI=1S/C12H28N2O/c1-6-13-11(9-15)7-8-14(5)10-12(2,3)4/h11,13,15H,6-10H2,1-5H3. The fraction of sp³-hybridized carbons (Fsp3) is 1.00. The number of likely N-dealkylation sites (N-methyl/N-ethyl adjacent to an activating group) is 1. The Morgan fingerprint density at radius 1 is 1.33 bits per heavy atom. The van der Waals surface area contributed by atoms with Crippen molar-refractivity contribution in [1.29, 1.82) is 0 Å². The van der Waals surface area contributed by atoms with Crippen molar-refractivity contribution in [2.24, 2.45) is 5.41 Å². The van der Waals surface area contributed by atoms with Gasteiger partial charge in [-0.2, -0.15) is 0 Å². The number of hydrogen-bond donors (Lipinski definition) is 2. The van der Waals surface area contributed by atoms with Crippen molar-refractivity contribution in [1.82, 2.24) is 10.2 Å². The summed E-state index contributed by atoms with van der Waals surface area (Å²) >= 11 is 0. The number of nitrogens with zero attached hydrogens (tertiary/aromatic N) is 1. The molecule has 3 nitrogen and oxygen atoms in total. The predicted octanol–water partition coefficient (Wildman–Crippen LogP) is 1.32. The van der Waals surface area contributed by atoms with E-state index in [1.54, 1.807) is 0 Å². The zero-order valence-electron chi connectivity index (χ0n) is 11.0. The molecule has 0 heterocycles. The Bertz CT molecular complexity index is 154. The number of rotatable bonds is 7. The van der Waals surface area contributed by atoms with Crippen LogP contribution >= 0.6 is 0 Å². The molecule has 0 saturated heterocycles. The van der Waals surface area contributed by atoms with Gasteiger partial charge in [0.2, 0.25) is 0 Å². The van der Waals surface area contributed by atoms with Gasteiger partial charge in [-0.25, -0.2) is 0 Å². The Morgan fingerprint density at radius 2 is 1.93 bits per heavy atom. The molecule has 0 aromatic carbocycles. The van der Waals surface area contributed by atoms with Crippen LogP contribution in [-0.2, 0) is 0 Å². The summed E-state index contributed by atoms with van der Waals surface area (Å²) in [5, 5.41) is 12.4. The minimum absolute atomic E-state index is 0.233. The molecule has 0 radical (unpaired) electrons. The second-order valence-corrected chi connectivity index (χ2v) is 5.52. The predicted molar refractivity (Wildman–Crippen MR) is 66.1 cm³/mol. The highest BCUT2D eigenvalue weighted by Crippen LogP contribution is 2.14. The molecule has 3 heteroatoms. The smallest absolute Gasteiger partial charge is 0.0585 e. The van der Waals surface area contributed by atoms with Crippen LogP contribution in [0.5, 0.6) is 0 Å². The second-order valence-electron chi connectivity index (χ2n) is 5.52. The Kier molecular flexibility index (Phi) is 7.14. The lowest BCUT2D eigenvalue weighted by Crippen LogP contribution is -2.37. The van der Waals surface area contributed by atoms with E-state index in [9.17, 15) is 0 Å². The molecule has 0 saturated carbocycles. The van der Waals surface area contributed by atoms with Gasteiger partial charge >= 0.3 is 0 Å². The molecule has 0 aromatic heterocycles. The highest BCUT2D eigenvalue weighted by molar-refractivity contribution is 4.70. The van der Waals surface area contributed by atoms with Gasteiger partial charge in [-0.05, 0) is 32.0 Å². The summed E-state index contributed by atoms with van der Waals surface area (Å²) in [6.45, 7) is 12.1. The third-order valence-electron chi connectivity index (χ3n) is 2.32. The maximum absolute atomic E-state index is 9.12. The van der Waals surface area contributed by atoms with Crippen LogP contribution in [0.4, 0.5) is 0 Å². The fourth-order valence-corrected chi connectivity index (χ4v) is 1.81. The summed E-state index contributed by atoms with van der Waals surface area (Å²) in [4.78, 5) is 2.33. The topological polar surface area (TPSA) is 35.5 Å². The molecule has 15 heavy (non-hydrogen) atoms. The third kappa shape index (κ3) is 8.85. The molecular weight excluding hydrogens is 188 g/mol. The fourth-order valence-electron chi connectivity index (χ4n) is 1.81. The molecule has 0 rings (SSSR count). The first kappa shape index (κ1) is 14.9. The lowest BCUT2D eigenvalue weighted by molar-refractivity contribution is 0.192. The molecule has 0 aliphatic rings. The average molecular weight is 216 g/mol. The first-order valence-corrected chi connectivity index (χ1v) is 5.92. The van der Waals surface area contributed by atoms with E-state index in [1.165, 1.54) is 0 Å². The molecule has 1 atom stereocenters. The van der Waals surface area contributed by atoms with Gasteiger partial charge in [-0.15, -0.1) is 0 Å². The maximum Gasteiger partial charge on any atom is 0.0585 e. The highest BCUT2D eigenvalue weighted by atomic mass is 16.3. The normalized spacial score (nSPS) is 14.6. The Labute approximate surface area is 94.9 Å². The van der Waals surface area contributed by atoms with Crippen molar-refractivity contribution in [2.75, 3.05) is 33.3 Å². The maximum atomic E-state index is 9.12. The minimum Gasteiger partial charge on any atom is -0.395 e. The van der Waals surface area contributed by atoms with E-state index in [2.05, 4.69) is 45.0 Å². The van der Waals surface area contributed by atoms with Crippen LogP contribution in [-0.4, -0.2) is 49.3 Å². The summed E-state index contributed by atoms with van der Waals surface area (Å²) in [6, 6.07) is 0.248. The van der Waals surface area contributed by atoms with E-state index in [0.29, 0.717) is 5.41 Å². The average Bonchev–Trinajstić information content (AvgIpc) is 2.09. The van der Waals surface area contributed by atoms with Crippen molar-refractivity contribution >= 4 is 0 Å². The molecular formula is C12H28N2O. The number of hydrogen-bond acceptors (Lipinski definition) is 3. The lowest BCUT2D eigenvalue weighted by Gasteiger charge is -2.27. The molecule has 0 spiro atoms. The van der Waals surface area contributed by atoms with Gasteiger partial charge in [-0.1, -0.05) is 27.7 Å². The number of aliphatic hydroxyl groups excluding tert-OH is 1. The summed E-state index contributed by atoms with van der Waals surface area (Å²) in [6.07, 6.45) is 1.01. The van der Waals surface area contributed by atoms with E-state index in [1.807, 2.05) is 0 Å². The molecule has 0 fully saturated rings. The molecule has 0 amide bonds. The van der Waals surface area contributed by atoms with E-state index in [4.69, 9.17) is 5.11 Å². The quantitative estimate of drug-likeness (QED) is 0.674. The highest BCUT2D eigenvalue weighted by Gasteiger charge is 2.14. The van der Waals surface area contributed by atoms with E-state index >= 15 is 0 Å². The van der Waals surface area contributed by atoms with Crippen molar-refractivity contribution in [3.8, 4) is 0 Å². The number of aliphatic hydroxyl groups is 1. The molecule has 0 aliphatic heterocycles. The van der Waals surface area contributed by atoms with Gasteiger partial charge in [-0.3, -0.25) is 0 Å². The molecule has 1 unspecified atom stereocenters. The van der Waals surface area contributed by atoms with Crippen LogP contribution in [0.1, 0.15) is 34.1 Å². The first-order chi connectivity index (χ1) is 6.89. The zero-order valence-corrected chi connectivity index (χ0v) is 11.0. The molecule has 92 valence electrons. The van der Waals surface area contributed by atoms with Crippen molar-refractivity contribution in [2.45, 2.75) is 40.2 Å². The van der Waals surface area contributed by atoms with Gasteiger partial charge in [0.05, 0.1) is 6.61 Å².